The first-order valence-corrected chi connectivity index (χ1v) is 10.6. The van der Waals surface area contributed by atoms with E-state index in [1.54, 1.807) is 12.0 Å². The summed E-state index contributed by atoms with van der Waals surface area (Å²) >= 11 is 0. The quantitative estimate of drug-likeness (QED) is 0.715. The number of sulfonamides is 1. The second kappa shape index (κ2) is 8.87. The highest BCUT2D eigenvalue weighted by molar-refractivity contribution is 7.89. The summed E-state index contributed by atoms with van der Waals surface area (Å²) in [5, 5.41) is 0. The average Bonchev–Trinajstić information content (AvgIpc) is 2.72. The number of carbonyl (C=O) groups is 1. The molecule has 0 bridgehead atoms. The third-order valence-corrected chi connectivity index (χ3v) is 6.86. The van der Waals surface area contributed by atoms with Gasteiger partial charge in [0.15, 0.2) is 4.90 Å². The molecule has 0 radical (unpaired) electrons. The minimum Gasteiger partial charge on any atom is -0.496 e. The number of hydrogen-bond donors (Lipinski definition) is 0. The highest BCUT2D eigenvalue weighted by Gasteiger charge is 2.33. The summed E-state index contributed by atoms with van der Waals surface area (Å²) in [6.07, 6.45) is 0.761. The number of methoxy groups -OCH3 is 1. The number of carbonyl (C=O) groups excluding carboxylic acids is 1. The van der Waals surface area contributed by atoms with E-state index >= 15 is 0 Å². The molecule has 1 amide bonds. The number of ether oxygens (including phenoxy) is 1. The van der Waals surface area contributed by atoms with Crippen LogP contribution in [0.15, 0.2) is 47.4 Å². The van der Waals surface area contributed by atoms with Gasteiger partial charge in [-0.15, -0.1) is 0 Å². The lowest BCUT2D eigenvalue weighted by Crippen LogP contribution is -2.50. The van der Waals surface area contributed by atoms with Crippen LogP contribution in [0.4, 0.5) is 8.78 Å². The molecular weight excluding hydrogens is 402 g/mol. The first-order chi connectivity index (χ1) is 13.8. The van der Waals surface area contributed by atoms with Crippen LogP contribution in [0.3, 0.4) is 0 Å². The topological polar surface area (TPSA) is 66.9 Å². The molecule has 3 rings (SSSR count). The van der Waals surface area contributed by atoms with Gasteiger partial charge in [-0.1, -0.05) is 24.3 Å². The molecule has 6 nitrogen and oxygen atoms in total. The zero-order valence-electron chi connectivity index (χ0n) is 16.0. The number of amides is 1. The van der Waals surface area contributed by atoms with Gasteiger partial charge in [0, 0.05) is 32.6 Å². The Morgan fingerprint density at radius 1 is 1.00 bits per heavy atom. The van der Waals surface area contributed by atoms with Crippen LogP contribution in [0.25, 0.3) is 0 Å². The zero-order valence-corrected chi connectivity index (χ0v) is 16.8. The Hall–Kier alpha value is -2.52. The maximum Gasteiger partial charge on any atom is 0.249 e. The Kier molecular flexibility index (Phi) is 6.49. The Balaban J connectivity index is 1.61. The Labute approximate surface area is 168 Å². The van der Waals surface area contributed by atoms with Gasteiger partial charge in [-0.2, -0.15) is 4.31 Å². The fraction of sp³-hybridized carbons (Fsp3) is 0.350. The van der Waals surface area contributed by atoms with Crippen LogP contribution in [0.2, 0.25) is 0 Å². The number of hydrogen-bond acceptors (Lipinski definition) is 4. The highest BCUT2D eigenvalue weighted by atomic mass is 32.2. The molecule has 1 saturated heterocycles. The molecule has 0 N–H and O–H groups in total. The van der Waals surface area contributed by atoms with Crippen molar-refractivity contribution < 1.29 is 26.7 Å². The molecular formula is C20H22F2N2O4S. The first-order valence-electron chi connectivity index (χ1n) is 9.18. The lowest BCUT2D eigenvalue weighted by Gasteiger charge is -2.34. The Morgan fingerprint density at radius 3 is 2.24 bits per heavy atom. The largest absolute Gasteiger partial charge is 0.496 e. The van der Waals surface area contributed by atoms with Crippen LogP contribution in [0.5, 0.6) is 5.75 Å². The highest BCUT2D eigenvalue weighted by Crippen LogP contribution is 2.24. The molecule has 156 valence electrons. The van der Waals surface area contributed by atoms with Crippen molar-refractivity contribution in [2.75, 3.05) is 33.3 Å². The van der Waals surface area contributed by atoms with E-state index in [4.69, 9.17) is 4.74 Å². The molecule has 1 aliphatic heterocycles. The van der Waals surface area contributed by atoms with Gasteiger partial charge in [0.25, 0.3) is 0 Å². The molecule has 1 heterocycles. The number of para-hydroxylation sites is 1. The van der Waals surface area contributed by atoms with Crippen LogP contribution in [-0.2, 0) is 21.2 Å². The molecule has 1 fully saturated rings. The predicted octanol–water partition coefficient (Wildman–Crippen LogP) is 2.44. The van der Waals surface area contributed by atoms with Gasteiger partial charge in [-0.3, -0.25) is 4.79 Å². The van der Waals surface area contributed by atoms with Crippen LogP contribution < -0.4 is 4.74 Å². The fourth-order valence-electron chi connectivity index (χ4n) is 3.35. The smallest absolute Gasteiger partial charge is 0.249 e. The predicted molar refractivity (Wildman–Crippen MR) is 103 cm³/mol. The standard InChI is InChI=1S/C20H22F2N2O4S/c1-28-18-8-3-2-5-15(18)9-10-19(25)23-11-13-24(14-12-23)29(26,27)20-16(21)6-4-7-17(20)22/h2-8H,9-14H2,1H3. The summed E-state index contributed by atoms with van der Waals surface area (Å²) in [4.78, 5) is 13.1. The van der Waals surface area contributed by atoms with Gasteiger partial charge in [-0.05, 0) is 30.2 Å². The van der Waals surface area contributed by atoms with E-state index in [0.717, 1.165) is 28.1 Å². The molecule has 2 aromatic carbocycles. The molecule has 0 unspecified atom stereocenters. The molecule has 0 aliphatic carbocycles. The summed E-state index contributed by atoms with van der Waals surface area (Å²) in [5.41, 5.74) is 0.916. The van der Waals surface area contributed by atoms with Gasteiger partial charge < -0.3 is 9.64 Å². The number of nitrogens with zero attached hydrogens (tertiary/aromatic N) is 2. The van der Waals surface area contributed by atoms with E-state index in [2.05, 4.69) is 0 Å². The molecule has 29 heavy (non-hydrogen) atoms. The van der Waals surface area contributed by atoms with Crippen molar-refractivity contribution in [2.24, 2.45) is 0 Å². The van der Waals surface area contributed by atoms with Crippen molar-refractivity contribution in [1.82, 2.24) is 9.21 Å². The minimum absolute atomic E-state index is 0.0174. The van der Waals surface area contributed by atoms with E-state index in [9.17, 15) is 22.0 Å². The summed E-state index contributed by atoms with van der Waals surface area (Å²) in [6.45, 7) is 0.299. The van der Waals surface area contributed by atoms with Crippen molar-refractivity contribution in [3.8, 4) is 5.75 Å². The lowest BCUT2D eigenvalue weighted by molar-refractivity contribution is -0.132. The van der Waals surface area contributed by atoms with E-state index in [-0.39, 0.29) is 38.5 Å². The summed E-state index contributed by atoms with van der Waals surface area (Å²) < 4.78 is 59.3. The summed E-state index contributed by atoms with van der Waals surface area (Å²) in [6, 6.07) is 10.4. The monoisotopic (exact) mass is 424 g/mol. The average molecular weight is 424 g/mol. The van der Waals surface area contributed by atoms with Crippen molar-refractivity contribution in [2.45, 2.75) is 17.7 Å². The minimum atomic E-state index is -4.31. The van der Waals surface area contributed by atoms with Crippen molar-refractivity contribution >= 4 is 15.9 Å². The van der Waals surface area contributed by atoms with E-state index in [0.29, 0.717) is 12.2 Å². The lowest BCUT2D eigenvalue weighted by atomic mass is 10.1. The second-order valence-electron chi connectivity index (χ2n) is 6.65. The molecule has 1 aliphatic rings. The SMILES string of the molecule is COc1ccccc1CCC(=O)N1CCN(S(=O)(=O)c2c(F)cccc2F)CC1. The molecule has 0 aromatic heterocycles. The van der Waals surface area contributed by atoms with E-state index < -0.39 is 26.6 Å². The molecule has 0 spiro atoms. The van der Waals surface area contributed by atoms with Gasteiger partial charge in [0.1, 0.15) is 17.4 Å². The number of halogens is 2. The molecule has 0 atom stereocenters. The third-order valence-electron chi connectivity index (χ3n) is 4.91. The maximum absolute atomic E-state index is 13.9. The number of aryl methyl sites for hydroxylation is 1. The summed E-state index contributed by atoms with van der Waals surface area (Å²) in [7, 11) is -2.74. The van der Waals surface area contributed by atoms with Crippen molar-refractivity contribution in [1.29, 1.82) is 0 Å². The van der Waals surface area contributed by atoms with Gasteiger partial charge in [0.2, 0.25) is 15.9 Å². The van der Waals surface area contributed by atoms with E-state index in [1.807, 2.05) is 24.3 Å². The fourth-order valence-corrected chi connectivity index (χ4v) is 4.88. The van der Waals surface area contributed by atoms with Crippen LogP contribution in [0.1, 0.15) is 12.0 Å². The van der Waals surface area contributed by atoms with E-state index in [1.165, 1.54) is 0 Å². The Morgan fingerprint density at radius 2 is 1.62 bits per heavy atom. The second-order valence-corrected chi connectivity index (χ2v) is 8.52. The third kappa shape index (κ3) is 4.56. The first kappa shape index (κ1) is 21.2. The number of piperazine rings is 1. The summed E-state index contributed by atoms with van der Waals surface area (Å²) in [5.74, 6) is -1.64. The Bertz CT molecular complexity index is 969. The zero-order chi connectivity index (χ0) is 21.0. The van der Waals surface area contributed by atoms with Crippen LogP contribution in [0, 0.1) is 11.6 Å². The normalized spacial score (nSPS) is 15.3. The molecule has 2 aromatic rings. The maximum atomic E-state index is 13.9. The number of benzene rings is 2. The number of rotatable bonds is 6. The molecule has 9 heteroatoms. The molecule has 0 saturated carbocycles. The van der Waals surface area contributed by atoms with Gasteiger partial charge in [-0.25, -0.2) is 17.2 Å². The van der Waals surface area contributed by atoms with Crippen LogP contribution in [-0.4, -0.2) is 56.8 Å². The van der Waals surface area contributed by atoms with Gasteiger partial charge >= 0.3 is 0 Å². The van der Waals surface area contributed by atoms with Crippen molar-refractivity contribution in [3.63, 3.8) is 0 Å². The van der Waals surface area contributed by atoms with Crippen molar-refractivity contribution in [3.05, 3.63) is 59.7 Å². The van der Waals surface area contributed by atoms with Crippen LogP contribution >= 0.6 is 0 Å². The van der Waals surface area contributed by atoms with Gasteiger partial charge in [0.05, 0.1) is 7.11 Å².